The van der Waals surface area contributed by atoms with E-state index >= 15 is 0 Å². The van der Waals surface area contributed by atoms with Crippen molar-refractivity contribution in [3.63, 3.8) is 0 Å². The second-order valence-corrected chi connectivity index (χ2v) is 4.70. The van der Waals surface area contributed by atoms with Gasteiger partial charge in [-0.1, -0.05) is 20.8 Å². The van der Waals surface area contributed by atoms with Gasteiger partial charge in [0.05, 0.1) is 0 Å². The summed E-state index contributed by atoms with van der Waals surface area (Å²) in [6.07, 6.45) is 1.36. The first-order valence-electron chi connectivity index (χ1n) is 4.81. The third kappa shape index (κ3) is 6.58. The molecule has 0 aromatic carbocycles. The molecule has 3 heteroatoms. The van der Waals surface area contributed by atoms with Gasteiger partial charge < -0.3 is 10.6 Å². The summed E-state index contributed by atoms with van der Waals surface area (Å²) in [7, 11) is 1.85. The number of rotatable bonds is 4. The normalized spacial score (nSPS) is 11.5. The second kappa shape index (κ2) is 5.22. The van der Waals surface area contributed by atoms with Crippen molar-refractivity contribution in [2.45, 2.75) is 33.6 Å². The van der Waals surface area contributed by atoms with E-state index in [-0.39, 0.29) is 11.3 Å². The molecule has 1 amide bonds. The Hall–Kier alpha value is -0.570. The molecular weight excluding hydrogens is 164 g/mol. The van der Waals surface area contributed by atoms with Crippen LogP contribution in [0.2, 0.25) is 0 Å². The Balaban J connectivity index is 3.83. The zero-order valence-corrected chi connectivity index (χ0v) is 9.26. The Bertz CT molecular complexity index is 161. The maximum Gasteiger partial charge on any atom is 0.222 e. The van der Waals surface area contributed by atoms with Crippen LogP contribution in [0.1, 0.15) is 33.6 Å². The van der Waals surface area contributed by atoms with Gasteiger partial charge in [-0.05, 0) is 18.4 Å². The molecule has 0 heterocycles. The van der Waals surface area contributed by atoms with Gasteiger partial charge in [-0.25, -0.2) is 0 Å². The predicted molar refractivity (Wildman–Crippen MR) is 55.4 cm³/mol. The van der Waals surface area contributed by atoms with E-state index in [1.165, 1.54) is 0 Å². The molecule has 0 aliphatic rings. The standard InChI is InChI=1S/C10H22N2O/c1-10(2,3)8-12(4)9(13)6-5-7-11/h5-8,11H2,1-4H3. The molecule has 0 saturated carbocycles. The van der Waals surface area contributed by atoms with Crippen LogP contribution in [0.25, 0.3) is 0 Å². The fourth-order valence-corrected chi connectivity index (χ4v) is 1.24. The van der Waals surface area contributed by atoms with Crippen LogP contribution in [0.4, 0.5) is 0 Å². The van der Waals surface area contributed by atoms with Crippen LogP contribution >= 0.6 is 0 Å². The summed E-state index contributed by atoms with van der Waals surface area (Å²) in [5.74, 6) is 0.195. The summed E-state index contributed by atoms with van der Waals surface area (Å²) < 4.78 is 0. The first-order valence-corrected chi connectivity index (χ1v) is 4.81. The lowest BCUT2D eigenvalue weighted by Gasteiger charge is -2.26. The maximum absolute atomic E-state index is 11.4. The van der Waals surface area contributed by atoms with Crippen molar-refractivity contribution in [3.8, 4) is 0 Å². The number of nitrogens with zero attached hydrogens (tertiary/aromatic N) is 1. The van der Waals surface area contributed by atoms with E-state index in [2.05, 4.69) is 20.8 Å². The summed E-state index contributed by atoms with van der Waals surface area (Å²) >= 11 is 0. The zero-order valence-electron chi connectivity index (χ0n) is 9.26. The van der Waals surface area contributed by atoms with Crippen molar-refractivity contribution < 1.29 is 4.79 Å². The molecule has 0 spiro atoms. The smallest absolute Gasteiger partial charge is 0.222 e. The van der Waals surface area contributed by atoms with Gasteiger partial charge in [0.1, 0.15) is 0 Å². The number of hydrogen-bond acceptors (Lipinski definition) is 2. The Kier molecular flexibility index (Phi) is 4.99. The quantitative estimate of drug-likeness (QED) is 0.717. The van der Waals surface area contributed by atoms with Crippen LogP contribution in [0.15, 0.2) is 0 Å². The van der Waals surface area contributed by atoms with Gasteiger partial charge in [0.25, 0.3) is 0 Å². The minimum Gasteiger partial charge on any atom is -0.345 e. The summed E-state index contributed by atoms with van der Waals surface area (Å²) in [4.78, 5) is 13.2. The van der Waals surface area contributed by atoms with Crippen molar-refractivity contribution in [2.75, 3.05) is 20.1 Å². The third-order valence-electron chi connectivity index (χ3n) is 1.73. The molecule has 0 bridgehead atoms. The number of amides is 1. The highest BCUT2D eigenvalue weighted by Gasteiger charge is 2.16. The molecule has 0 aliphatic carbocycles. The van der Waals surface area contributed by atoms with Gasteiger partial charge in [0, 0.05) is 20.0 Å². The van der Waals surface area contributed by atoms with E-state index in [9.17, 15) is 4.79 Å². The molecule has 0 aromatic heterocycles. The van der Waals surface area contributed by atoms with E-state index in [0.29, 0.717) is 13.0 Å². The minimum absolute atomic E-state index is 0.174. The lowest BCUT2D eigenvalue weighted by molar-refractivity contribution is -0.131. The molecule has 0 saturated heterocycles. The molecule has 2 N–H and O–H groups in total. The first-order chi connectivity index (χ1) is 5.87. The Morgan fingerprint density at radius 3 is 2.31 bits per heavy atom. The third-order valence-corrected chi connectivity index (χ3v) is 1.73. The Morgan fingerprint density at radius 1 is 1.38 bits per heavy atom. The Morgan fingerprint density at radius 2 is 1.92 bits per heavy atom. The van der Waals surface area contributed by atoms with Crippen LogP contribution in [0.5, 0.6) is 0 Å². The molecule has 78 valence electrons. The number of carbonyl (C=O) groups is 1. The van der Waals surface area contributed by atoms with E-state index in [0.717, 1.165) is 13.0 Å². The number of hydrogen-bond donors (Lipinski definition) is 1. The van der Waals surface area contributed by atoms with E-state index < -0.39 is 0 Å². The summed E-state index contributed by atoms with van der Waals surface area (Å²) in [6, 6.07) is 0. The molecule has 0 rings (SSSR count). The zero-order chi connectivity index (χ0) is 10.5. The highest BCUT2D eigenvalue weighted by Crippen LogP contribution is 2.14. The van der Waals surface area contributed by atoms with Gasteiger partial charge >= 0.3 is 0 Å². The van der Waals surface area contributed by atoms with Crippen molar-refractivity contribution in [1.29, 1.82) is 0 Å². The van der Waals surface area contributed by atoms with Crippen molar-refractivity contribution in [2.24, 2.45) is 11.1 Å². The molecule has 0 unspecified atom stereocenters. The highest BCUT2D eigenvalue weighted by atomic mass is 16.2. The molecule has 0 aromatic rings. The number of carbonyl (C=O) groups excluding carboxylic acids is 1. The topological polar surface area (TPSA) is 46.3 Å². The molecule has 0 aliphatic heterocycles. The maximum atomic E-state index is 11.4. The van der Waals surface area contributed by atoms with Gasteiger partial charge in [-0.3, -0.25) is 4.79 Å². The SMILES string of the molecule is CN(CC(C)(C)C)C(=O)CCCN. The Labute approximate surface area is 81.3 Å². The van der Waals surface area contributed by atoms with Gasteiger partial charge in [0.15, 0.2) is 0 Å². The molecule has 0 atom stereocenters. The summed E-state index contributed by atoms with van der Waals surface area (Å²) in [5.41, 5.74) is 5.51. The van der Waals surface area contributed by atoms with Crippen LogP contribution in [-0.2, 0) is 4.79 Å². The summed E-state index contributed by atoms with van der Waals surface area (Å²) in [6.45, 7) is 7.77. The van der Waals surface area contributed by atoms with Crippen molar-refractivity contribution in [3.05, 3.63) is 0 Å². The minimum atomic E-state index is 0.174. The lowest BCUT2D eigenvalue weighted by atomic mass is 9.96. The number of nitrogens with two attached hydrogens (primary N) is 1. The van der Waals surface area contributed by atoms with Crippen molar-refractivity contribution in [1.82, 2.24) is 4.90 Å². The average molecular weight is 186 g/mol. The van der Waals surface area contributed by atoms with Gasteiger partial charge in [-0.15, -0.1) is 0 Å². The molecule has 13 heavy (non-hydrogen) atoms. The fourth-order valence-electron chi connectivity index (χ4n) is 1.24. The first kappa shape index (κ1) is 12.4. The monoisotopic (exact) mass is 186 g/mol. The van der Waals surface area contributed by atoms with E-state index in [1.807, 2.05) is 7.05 Å². The van der Waals surface area contributed by atoms with E-state index in [1.54, 1.807) is 4.90 Å². The average Bonchev–Trinajstić information content (AvgIpc) is 1.96. The van der Waals surface area contributed by atoms with Gasteiger partial charge in [0.2, 0.25) is 5.91 Å². The second-order valence-electron chi connectivity index (χ2n) is 4.70. The van der Waals surface area contributed by atoms with Crippen LogP contribution in [-0.4, -0.2) is 30.9 Å². The summed E-state index contributed by atoms with van der Waals surface area (Å²) in [5, 5.41) is 0. The predicted octanol–water partition coefficient (Wildman–Crippen LogP) is 1.23. The van der Waals surface area contributed by atoms with Crippen LogP contribution in [0.3, 0.4) is 0 Å². The van der Waals surface area contributed by atoms with Gasteiger partial charge in [-0.2, -0.15) is 0 Å². The van der Waals surface area contributed by atoms with Crippen LogP contribution < -0.4 is 5.73 Å². The van der Waals surface area contributed by atoms with Crippen LogP contribution in [0, 0.1) is 5.41 Å². The molecular formula is C10H22N2O. The molecule has 3 nitrogen and oxygen atoms in total. The largest absolute Gasteiger partial charge is 0.345 e. The van der Waals surface area contributed by atoms with E-state index in [4.69, 9.17) is 5.73 Å². The van der Waals surface area contributed by atoms with Crippen molar-refractivity contribution >= 4 is 5.91 Å². The molecule has 0 fully saturated rings. The fraction of sp³-hybridized carbons (Fsp3) is 0.900. The molecule has 0 radical (unpaired) electrons. The lowest BCUT2D eigenvalue weighted by Crippen LogP contribution is -2.34. The highest BCUT2D eigenvalue weighted by molar-refractivity contribution is 5.75.